The minimum absolute atomic E-state index is 0.106. The second-order valence-electron chi connectivity index (χ2n) is 6.43. The number of benzene rings is 2. The van der Waals surface area contributed by atoms with Crippen LogP contribution in [-0.2, 0) is 0 Å². The molecule has 0 heterocycles. The average molecular weight is 360 g/mol. The molecule has 0 saturated carbocycles. The van der Waals surface area contributed by atoms with E-state index in [-0.39, 0.29) is 11.4 Å². The van der Waals surface area contributed by atoms with Crippen molar-refractivity contribution >= 4 is 11.8 Å². The van der Waals surface area contributed by atoms with Gasteiger partial charge in [0.15, 0.2) is 11.5 Å². The van der Waals surface area contributed by atoms with Crippen LogP contribution in [0.1, 0.15) is 20.8 Å². The maximum Gasteiger partial charge on any atom is 0.413 e. The SMILES string of the molecule is COc1cc([N+](=O)[O-])ccc1Oc1cccc(OC(=O)NC(C)(C)C)c1. The lowest BCUT2D eigenvalue weighted by Gasteiger charge is -2.19. The van der Waals surface area contributed by atoms with Crippen LogP contribution in [0.3, 0.4) is 0 Å². The molecular formula is C18H20N2O6. The van der Waals surface area contributed by atoms with E-state index in [2.05, 4.69) is 5.32 Å². The zero-order valence-corrected chi connectivity index (χ0v) is 14.9. The highest BCUT2D eigenvalue weighted by molar-refractivity contribution is 5.71. The molecule has 1 N–H and O–H groups in total. The number of nitro groups is 1. The monoisotopic (exact) mass is 360 g/mol. The van der Waals surface area contributed by atoms with E-state index in [1.165, 1.54) is 31.4 Å². The predicted molar refractivity (Wildman–Crippen MR) is 95.1 cm³/mol. The topological polar surface area (TPSA) is 99.9 Å². The van der Waals surface area contributed by atoms with Gasteiger partial charge >= 0.3 is 6.09 Å². The van der Waals surface area contributed by atoms with Gasteiger partial charge in [-0.2, -0.15) is 0 Å². The molecule has 26 heavy (non-hydrogen) atoms. The van der Waals surface area contributed by atoms with E-state index in [4.69, 9.17) is 14.2 Å². The normalized spacial score (nSPS) is 10.8. The van der Waals surface area contributed by atoms with E-state index in [9.17, 15) is 14.9 Å². The van der Waals surface area contributed by atoms with Crippen LogP contribution in [0.4, 0.5) is 10.5 Å². The zero-order chi connectivity index (χ0) is 19.3. The minimum Gasteiger partial charge on any atom is -0.493 e. The lowest BCUT2D eigenvalue weighted by molar-refractivity contribution is -0.384. The highest BCUT2D eigenvalue weighted by Crippen LogP contribution is 2.35. The molecule has 0 aliphatic carbocycles. The summed E-state index contributed by atoms with van der Waals surface area (Å²) in [4.78, 5) is 22.2. The van der Waals surface area contributed by atoms with Gasteiger partial charge in [-0.15, -0.1) is 0 Å². The van der Waals surface area contributed by atoms with Crippen LogP contribution in [-0.4, -0.2) is 23.7 Å². The van der Waals surface area contributed by atoms with Crippen molar-refractivity contribution in [2.75, 3.05) is 7.11 Å². The lowest BCUT2D eigenvalue weighted by Crippen LogP contribution is -2.42. The summed E-state index contributed by atoms with van der Waals surface area (Å²) in [5, 5.41) is 13.5. The maximum absolute atomic E-state index is 11.8. The quantitative estimate of drug-likeness (QED) is 0.631. The molecule has 0 aliphatic rings. The van der Waals surface area contributed by atoms with Crippen molar-refractivity contribution in [3.8, 4) is 23.0 Å². The van der Waals surface area contributed by atoms with E-state index in [0.717, 1.165) is 0 Å². The summed E-state index contributed by atoms with van der Waals surface area (Å²) < 4.78 is 16.1. The molecule has 0 atom stereocenters. The van der Waals surface area contributed by atoms with Gasteiger partial charge in [0.05, 0.1) is 18.1 Å². The molecule has 0 bridgehead atoms. The largest absolute Gasteiger partial charge is 0.493 e. The number of rotatable bonds is 5. The molecule has 0 saturated heterocycles. The van der Waals surface area contributed by atoms with Crippen molar-refractivity contribution < 1.29 is 23.9 Å². The van der Waals surface area contributed by atoms with Gasteiger partial charge < -0.3 is 19.5 Å². The summed E-state index contributed by atoms with van der Waals surface area (Å²) in [5.41, 5.74) is -0.526. The van der Waals surface area contributed by atoms with Crippen LogP contribution in [0.15, 0.2) is 42.5 Å². The number of nitrogens with zero attached hydrogens (tertiary/aromatic N) is 1. The van der Waals surface area contributed by atoms with Crippen molar-refractivity contribution in [1.29, 1.82) is 0 Å². The van der Waals surface area contributed by atoms with Gasteiger partial charge in [-0.05, 0) is 39.0 Å². The molecule has 0 aliphatic heterocycles. The predicted octanol–water partition coefficient (Wildman–Crippen LogP) is 4.28. The van der Waals surface area contributed by atoms with Gasteiger partial charge in [0.1, 0.15) is 11.5 Å². The first kappa shape index (κ1) is 19.0. The van der Waals surface area contributed by atoms with Gasteiger partial charge in [0.2, 0.25) is 0 Å². The van der Waals surface area contributed by atoms with Crippen LogP contribution in [0.2, 0.25) is 0 Å². The molecule has 8 nitrogen and oxygen atoms in total. The molecule has 0 aromatic heterocycles. The number of nitrogens with one attached hydrogen (secondary N) is 1. The standard InChI is InChI=1S/C18H20N2O6/c1-18(2,3)19-17(21)26-14-7-5-6-13(11-14)25-15-9-8-12(20(22)23)10-16(15)24-4/h5-11H,1-4H3,(H,19,21). The third-order valence-corrected chi connectivity index (χ3v) is 3.08. The van der Waals surface area contributed by atoms with E-state index < -0.39 is 16.6 Å². The average Bonchev–Trinajstić information content (AvgIpc) is 2.53. The second kappa shape index (κ2) is 7.73. The highest BCUT2D eigenvalue weighted by atomic mass is 16.6. The third kappa shape index (κ3) is 5.37. The van der Waals surface area contributed by atoms with Crippen molar-refractivity contribution in [2.24, 2.45) is 0 Å². The Kier molecular flexibility index (Phi) is 5.66. The zero-order valence-electron chi connectivity index (χ0n) is 14.9. The summed E-state index contributed by atoms with van der Waals surface area (Å²) in [7, 11) is 1.39. The summed E-state index contributed by atoms with van der Waals surface area (Å²) in [6.45, 7) is 5.53. The molecule has 0 unspecified atom stereocenters. The molecular weight excluding hydrogens is 340 g/mol. The third-order valence-electron chi connectivity index (χ3n) is 3.08. The summed E-state index contributed by atoms with van der Waals surface area (Å²) in [6, 6.07) is 10.5. The smallest absolute Gasteiger partial charge is 0.413 e. The summed E-state index contributed by atoms with van der Waals surface area (Å²) >= 11 is 0. The number of methoxy groups -OCH3 is 1. The Bertz CT molecular complexity index is 814. The molecule has 0 fully saturated rings. The molecule has 0 radical (unpaired) electrons. The van der Waals surface area contributed by atoms with Crippen LogP contribution in [0.5, 0.6) is 23.0 Å². The fourth-order valence-electron chi connectivity index (χ4n) is 2.02. The van der Waals surface area contributed by atoms with Crippen LogP contribution >= 0.6 is 0 Å². The number of nitro benzene ring substituents is 1. The Labute approximate surface area is 150 Å². The fourth-order valence-corrected chi connectivity index (χ4v) is 2.02. The van der Waals surface area contributed by atoms with Crippen molar-refractivity contribution in [3.05, 3.63) is 52.6 Å². The highest BCUT2D eigenvalue weighted by Gasteiger charge is 2.16. The number of non-ortho nitro benzene ring substituents is 1. The summed E-state index contributed by atoms with van der Waals surface area (Å²) in [5.74, 6) is 1.20. The first-order valence-electron chi connectivity index (χ1n) is 7.78. The number of hydrogen-bond donors (Lipinski definition) is 1. The van der Waals surface area contributed by atoms with Crippen LogP contribution in [0.25, 0.3) is 0 Å². The number of amides is 1. The molecule has 2 aromatic carbocycles. The first-order chi connectivity index (χ1) is 12.2. The van der Waals surface area contributed by atoms with Crippen molar-refractivity contribution in [3.63, 3.8) is 0 Å². The number of carbonyl (C=O) groups is 1. The van der Waals surface area contributed by atoms with E-state index >= 15 is 0 Å². The minimum atomic E-state index is -0.581. The van der Waals surface area contributed by atoms with Crippen LogP contribution < -0.4 is 19.5 Å². The van der Waals surface area contributed by atoms with Gasteiger partial charge in [-0.25, -0.2) is 4.79 Å². The Morgan fingerprint density at radius 3 is 2.38 bits per heavy atom. The Morgan fingerprint density at radius 2 is 1.77 bits per heavy atom. The molecule has 0 spiro atoms. The molecule has 2 aromatic rings. The lowest BCUT2D eigenvalue weighted by atomic mass is 10.1. The van der Waals surface area contributed by atoms with E-state index in [1.807, 2.05) is 20.8 Å². The number of carbonyl (C=O) groups excluding carboxylic acids is 1. The van der Waals surface area contributed by atoms with Crippen LogP contribution in [0, 0.1) is 10.1 Å². The first-order valence-corrected chi connectivity index (χ1v) is 7.78. The van der Waals surface area contributed by atoms with Gasteiger partial charge in [-0.1, -0.05) is 6.07 Å². The van der Waals surface area contributed by atoms with E-state index in [0.29, 0.717) is 17.2 Å². The molecule has 8 heteroatoms. The fraction of sp³-hybridized carbons (Fsp3) is 0.278. The maximum atomic E-state index is 11.8. The molecule has 138 valence electrons. The number of hydrogen-bond acceptors (Lipinski definition) is 6. The molecule has 1 amide bonds. The second-order valence-corrected chi connectivity index (χ2v) is 6.43. The Balaban J connectivity index is 2.16. The van der Waals surface area contributed by atoms with Crippen molar-refractivity contribution in [2.45, 2.75) is 26.3 Å². The van der Waals surface area contributed by atoms with Gasteiger partial charge in [0.25, 0.3) is 5.69 Å². The Morgan fingerprint density at radius 1 is 1.08 bits per heavy atom. The number of ether oxygens (including phenoxy) is 3. The van der Waals surface area contributed by atoms with Gasteiger partial charge in [-0.3, -0.25) is 10.1 Å². The summed E-state index contributed by atoms with van der Waals surface area (Å²) in [6.07, 6.45) is -0.581. The van der Waals surface area contributed by atoms with Crippen molar-refractivity contribution in [1.82, 2.24) is 5.32 Å². The Hall–Kier alpha value is -3.29. The molecule has 2 rings (SSSR count). The van der Waals surface area contributed by atoms with Gasteiger partial charge in [0, 0.05) is 17.7 Å². The van der Waals surface area contributed by atoms with E-state index in [1.54, 1.807) is 18.2 Å².